The lowest BCUT2D eigenvalue weighted by Gasteiger charge is -2.07. The van der Waals surface area contributed by atoms with Crippen molar-refractivity contribution in [3.63, 3.8) is 0 Å². The van der Waals surface area contributed by atoms with E-state index in [2.05, 4.69) is 5.32 Å². The average Bonchev–Trinajstić information content (AvgIpc) is 2.31. The molecule has 0 rings (SSSR count). The highest BCUT2D eigenvalue weighted by molar-refractivity contribution is 5.77. The summed E-state index contributed by atoms with van der Waals surface area (Å²) in [5, 5.41) is 2.90. The van der Waals surface area contributed by atoms with Crippen molar-refractivity contribution in [2.24, 2.45) is 0 Å². The van der Waals surface area contributed by atoms with Crippen LogP contribution in [-0.4, -0.2) is 17.7 Å². The first-order valence-electron chi connectivity index (χ1n) is 7.37. The van der Waals surface area contributed by atoms with E-state index in [1.54, 1.807) is 0 Å². The van der Waals surface area contributed by atoms with Crippen LogP contribution in [0.4, 0.5) is 0 Å². The number of carbonyl (C=O) groups is 2. The van der Waals surface area contributed by atoms with E-state index >= 15 is 0 Å². The molecule has 0 heterocycles. The predicted octanol–water partition coefficient (Wildman–Crippen LogP) is 3.86. The summed E-state index contributed by atoms with van der Waals surface area (Å²) in [4.78, 5) is 22.4. The molecule has 0 aliphatic heterocycles. The monoisotopic (exact) mass is 257 g/mol. The SMILES string of the molecule is CCC(=O)CCCCCCCCC(=O)NC(C)C.[HH]. The van der Waals surface area contributed by atoms with Gasteiger partial charge < -0.3 is 5.32 Å². The van der Waals surface area contributed by atoms with Gasteiger partial charge in [-0.25, -0.2) is 0 Å². The van der Waals surface area contributed by atoms with Crippen LogP contribution in [0.5, 0.6) is 0 Å². The van der Waals surface area contributed by atoms with Gasteiger partial charge in [-0.05, 0) is 26.7 Å². The van der Waals surface area contributed by atoms with Gasteiger partial charge in [0.1, 0.15) is 5.78 Å². The van der Waals surface area contributed by atoms with E-state index in [9.17, 15) is 9.59 Å². The number of Topliss-reactive ketones (excluding diaryl/α,β-unsaturated/α-hetero) is 1. The summed E-state index contributed by atoms with van der Waals surface area (Å²) in [6.45, 7) is 5.88. The number of amides is 1. The van der Waals surface area contributed by atoms with Gasteiger partial charge in [0.2, 0.25) is 5.91 Å². The van der Waals surface area contributed by atoms with Crippen molar-refractivity contribution < 1.29 is 11.0 Å². The van der Waals surface area contributed by atoms with Gasteiger partial charge in [-0.2, -0.15) is 0 Å². The van der Waals surface area contributed by atoms with Crippen LogP contribution in [0.1, 0.15) is 80.0 Å². The lowest BCUT2D eigenvalue weighted by molar-refractivity contribution is -0.121. The second-order valence-electron chi connectivity index (χ2n) is 5.24. The molecular formula is C15H31NO2. The number of rotatable bonds is 11. The zero-order valence-corrected chi connectivity index (χ0v) is 12.3. The van der Waals surface area contributed by atoms with Gasteiger partial charge in [-0.15, -0.1) is 0 Å². The molecule has 0 aliphatic carbocycles. The Morgan fingerprint density at radius 2 is 1.44 bits per heavy atom. The van der Waals surface area contributed by atoms with Crippen LogP contribution in [0.3, 0.4) is 0 Å². The van der Waals surface area contributed by atoms with Gasteiger partial charge in [0, 0.05) is 26.7 Å². The molecule has 0 aromatic heterocycles. The quantitative estimate of drug-likeness (QED) is 0.571. The minimum absolute atomic E-state index is 0. The number of unbranched alkanes of at least 4 members (excludes halogenated alkanes) is 5. The first-order valence-corrected chi connectivity index (χ1v) is 7.37. The molecule has 0 radical (unpaired) electrons. The molecule has 0 fully saturated rings. The van der Waals surface area contributed by atoms with Crippen molar-refractivity contribution in [2.75, 3.05) is 0 Å². The van der Waals surface area contributed by atoms with Crippen molar-refractivity contribution in [2.45, 2.75) is 84.6 Å². The zero-order valence-electron chi connectivity index (χ0n) is 12.3. The Kier molecular flexibility index (Phi) is 10.7. The number of carbonyl (C=O) groups excluding carboxylic acids is 2. The minimum Gasteiger partial charge on any atom is -0.354 e. The first-order chi connectivity index (χ1) is 8.56. The molecule has 18 heavy (non-hydrogen) atoms. The van der Waals surface area contributed by atoms with Gasteiger partial charge in [-0.1, -0.05) is 32.6 Å². The Hall–Kier alpha value is -0.860. The number of ketones is 1. The number of nitrogens with one attached hydrogen (secondary N) is 1. The summed E-state index contributed by atoms with van der Waals surface area (Å²) in [5.41, 5.74) is 0. The second kappa shape index (κ2) is 11.2. The molecular weight excluding hydrogens is 226 g/mol. The highest BCUT2D eigenvalue weighted by Gasteiger charge is 2.02. The van der Waals surface area contributed by atoms with E-state index in [0.717, 1.165) is 32.1 Å². The Balaban J connectivity index is 0. The maximum atomic E-state index is 11.3. The highest BCUT2D eigenvalue weighted by Crippen LogP contribution is 2.09. The van der Waals surface area contributed by atoms with Crippen molar-refractivity contribution in [3.05, 3.63) is 0 Å². The van der Waals surface area contributed by atoms with Crippen LogP contribution < -0.4 is 5.32 Å². The topological polar surface area (TPSA) is 46.2 Å². The molecule has 0 atom stereocenters. The van der Waals surface area contributed by atoms with Crippen molar-refractivity contribution in [3.8, 4) is 0 Å². The van der Waals surface area contributed by atoms with Crippen LogP contribution in [-0.2, 0) is 9.59 Å². The fourth-order valence-corrected chi connectivity index (χ4v) is 1.89. The van der Waals surface area contributed by atoms with Crippen molar-refractivity contribution >= 4 is 11.7 Å². The fraction of sp³-hybridized carbons (Fsp3) is 0.867. The highest BCUT2D eigenvalue weighted by atomic mass is 16.1. The van der Waals surface area contributed by atoms with Crippen LogP contribution in [0.2, 0.25) is 0 Å². The lowest BCUT2D eigenvalue weighted by atomic mass is 10.1. The van der Waals surface area contributed by atoms with Gasteiger partial charge in [-0.3, -0.25) is 9.59 Å². The van der Waals surface area contributed by atoms with Crippen LogP contribution in [0.25, 0.3) is 0 Å². The maximum absolute atomic E-state index is 11.3. The summed E-state index contributed by atoms with van der Waals surface area (Å²) in [6.07, 6.45) is 8.69. The Morgan fingerprint density at radius 1 is 0.944 bits per heavy atom. The molecule has 3 nitrogen and oxygen atoms in total. The second-order valence-corrected chi connectivity index (χ2v) is 5.24. The molecule has 0 saturated carbocycles. The largest absolute Gasteiger partial charge is 0.354 e. The molecule has 3 heteroatoms. The smallest absolute Gasteiger partial charge is 0.220 e. The van der Waals surface area contributed by atoms with E-state index < -0.39 is 0 Å². The lowest BCUT2D eigenvalue weighted by Crippen LogP contribution is -2.29. The molecule has 108 valence electrons. The Labute approximate surface area is 113 Å². The summed E-state index contributed by atoms with van der Waals surface area (Å²) in [7, 11) is 0. The molecule has 0 aromatic carbocycles. The van der Waals surface area contributed by atoms with Gasteiger partial charge in [0.05, 0.1) is 0 Å². The van der Waals surface area contributed by atoms with E-state index in [-0.39, 0.29) is 13.4 Å². The third-order valence-corrected chi connectivity index (χ3v) is 2.95. The van der Waals surface area contributed by atoms with Gasteiger partial charge >= 0.3 is 0 Å². The first kappa shape index (κ1) is 17.1. The molecule has 0 bridgehead atoms. The molecule has 0 unspecified atom stereocenters. The normalized spacial score (nSPS) is 10.7. The standard InChI is InChI=1S/C15H29NO2.H2/c1-4-14(17)11-9-7-5-6-8-10-12-15(18)16-13(2)3;/h13H,4-12H2,1-3H3,(H,16,18);1H. The van der Waals surface area contributed by atoms with Crippen molar-refractivity contribution in [1.82, 2.24) is 5.32 Å². The van der Waals surface area contributed by atoms with E-state index in [0.29, 0.717) is 18.6 Å². The molecule has 1 N–H and O–H groups in total. The van der Waals surface area contributed by atoms with E-state index in [1.807, 2.05) is 20.8 Å². The molecule has 0 saturated heterocycles. The van der Waals surface area contributed by atoms with Gasteiger partial charge in [0.25, 0.3) is 0 Å². The Bertz CT molecular complexity index is 242. The molecule has 0 aromatic rings. The summed E-state index contributed by atoms with van der Waals surface area (Å²) in [5.74, 6) is 0.541. The summed E-state index contributed by atoms with van der Waals surface area (Å²) >= 11 is 0. The van der Waals surface area contributed by atoms with E-state index in [4.69, 9.17) is 0 Å². The van der Waals surface area contributed by atoms with Crippen LogP contribution >= 0.6 is 0 Å². The predicted molar refractivity (Wildman–Crippen MR) is 77.6 cm³/mol. The van der Waals surface area contributed by atoms with Crippen molar-refractivity contribution in [1.29, 1.82) is 0 Å². The number of hydrogen-bond acceptors (Lipinski definition) is 2. The third kappa shape index (κ3) is 11.6. The maximum Gasteiger partial charge on any atom is 0.220 e. The molecule has 0 aliphatic rings. The summed E-state index contributed by atoms with van der Waals surface area (Å²) in [6, 6.07) is 0.244. The third-order valence-electron chi connectivity index (χ3n) is 2.95. The van der Waals surface area contributed by atoms with Crippen LogP contribution in [0.15, 0.2) is 0 Å². The number of hydrogen-bond donors (Lipinski definition) is 1. The zero-order chi connectivity index (χ0) is 13.8. The fourth-order valence-electron chi connectivity index (χ4n) is 1.89. The summed E-state index contributed by atoms with van der Waals surface area (Å²) < 4.78 is 0. The van der Waals surface area contributed by atoms with E-state index in [1.165, 1.54) is 12.8 Å². The Morgan fingerprint density at radius 3 is 1.94 bits per heavy atom. The average molecular weight is 257 g/mol. The van der Waals surface area contributed by atoms with Gasteiger partial charge in [0.15, 0.2) is 0 Å². The molecule has 1 amide bonds. The van der Waals surface area contributed by atoms with Crippen LogP contribution in [0, 0.1) is 0 Å². The minimum atomic E-state index is 0. The molecule has 0 spiro atoms.